The number of methoxy groups -OCH3 is 1. The lowest BCUT2D eigenvalue weighted by Gasteiger charge is -2.02. The first-order valence-corrected chi connectivity index (χ1v) is 10.2. The first-order chi connectivity index (χ1) is 12.5. The zero-order valence-corrected chi connectivity index (χ0v) is 17.0. The first kappa shape index (κ1) is 18.7. The fourth-order valence-electron chi connectivity index (χ4n) is 2.88. The summed E-state index contributed by atoms with van der Waals surface area (Å²) in [5.41, 5.74) is 3.59. The van der Waals surface area contributed by atoms with Crippen molar-refractivity contribution in [2.75, 3.05) is 12.9 Å². The molecule has 136 valence electrons. The highest BCUT2D eigenvalue weighted by Crippen LogP contribution is 2.23. The molecule has 1 heterocycles. The fraction of sp³-hybridized carbons (Fsp3) is 0.300. The van der Waals surface area contributed by atoms with Gasteiger partial charge in [0.15, 0.2) is 4.80 Å². The Kier molecular flexibility index (Phi) is 5.84. The van der Waals surface area contributed by atoms with Gasteiger partial charge in [-0.25, -0.2) is 0 Å². The molecule has 0 bridgehead atoms. The Morgan fingerprint density at radius 1 is 1.23 bits per heavy atom. The number of thioether (sulfide) groups is 1. The molecule has 0 unspecified atom stereocenters. The maximum atomic E-state index is 12.3. The van der Waals surface area contributed by atoms with E-state index in [1.54, 1.807) is 30.2 Å². The van der Waals surface area contributed by atoms with Crippen molar-refractivity contribution >= 4 is 39.2 Å². The van der Waals surface area contributed by atoms with E-state index in [0.717, 1.165) is 21.0 Å². The molecule has 0 saturated heterocycles. The summed E-state index contributed by atoms with van der Waals surface area (Å²) in [4.78, 5) is 18.5. The molecule has 0 aliphatic rings. The number of carbonyl (C=O) groups is 1. The molecule has 3 rings (SSSR count). The van der Waals surface area contributed by atoms with Crippen LogP contribution in [-0.2, 0) is 11.8 Å². The van der Waals surface area contributed by atoms with Crippen molar-refractivity contribution < 1.29 is 9.53 Å². The van der Waals surface area contributed by atoms with Gasteiger partial charge in [-0.2, -0.15) is 4.99 Å². The Morgan fingerprint density at radius 2 is 1.96 bits per heavy atom. The molecule has 2 aromatic carbocycles. The Labute approximate surface area is 161 Å². The summed E-state index contributed by atoms with van der Waals surface area (Å²) in [7, 11) is 3.62. The van der Waals surface area contributed by atoms with Crippen LogP contribution in [-0.4, -0.2) is 23.3 Å². The van der Waals surface area contributed by atoms with E-state index < -0.39 is 0 Å². The van der Waals surface area contributed by atoms with E-state index in [2.05, 4.69) is 31.0 Å². The highest BCUT2D eigenvalue weighted by atomic mass is 32.2. The van der Waals surface area contributed by atoms with Crippen molar-refractivity contribution in [2.45, 2.75) is 25.2 Å². The minimum atomic E-state index is -0.0810. The predicted octanol–water partition coefficient (Wildman–Crippen LogP) is 4.47. The van der Waals surface area contributed by atoms with Gasteiger partial charge in [0.1, 0.15) is 5.75 Å². The molecule has 0 N–H and O–H groups in total. The zero-order valence-electron chi connectivity index (χ0n) is 15.4. The average Bonchev–Trinajstić information content (AvgIpc) is 2.91. The van der Waals surface area contributed by atoms with Crippen molar-refractivity contribution in [1.29, 1.82) is 0 Å². The molecule has 0 atom stereocenters. The number of aryl methyl sites for hydroxylation is 3. The zero-order chi connectivity index (χ0) is 18.7. The number of rotatable bonds is 5. The molecule has 3 aromatic rings. The summed E-state index contributed by atoms with van der Waals surface area (Å²) in [5, 5.41) is 0. The number of thiazole rings is 1. The lowest BCUT2D eigenvalue weighted by molar-refractivity contribution is -0.117. The third kappa shape index (κ3) is 4.19. The van der Waals surface area contributed by atoms with Crippen LogP contribution >= 0.6 is 23.1 Å². The molecule has 0 aliphatic carbocycles. The van der Waals surface area contributed by atoms with Gasteiger partial charge in [-0.05, 0) is 55.3 Å². The predicted molar refractivity (Wildman–Crippen MR) is 109 cm³/mol. The second-order valence-corrected chi connectivity index (χ2v) is 8.33. The van der Waals surface area contributed by atoms with Gasteiger partial charge in [-0.15, -0.1) is 11.8 Å². The number of hydrogen-bond acceptors (Lipinski definition) is 4. The molecular weight excluding hydrogens is 364 g/mol. The molecule has 4 nitrogen and oxygen atoms in total. The average molecular weight is 387 g/mol. The van der Waals surface area contributed by atoms with Gasteiger partial charge in [0, 0.05) is 24.1 Å². The monoisotopic (exact) mass is 386 g/mol. The lowest BCUT2D eigenvalue weighted by Crippen LogP contribution is -2.13. The maximum Gasteiger partial charge on any atom is 0.249 e. The van der Waals surface area contributed by atoms with E-state index in [-0.39, 0.29) is 5.91 Å². The molecule has 1 aromatic heterocycles. The van der Waals surface area contributed by atoms with Gasteiger partial charge in [0.2, 0.25) is 5.91 Å². The normalized spacial score (nSPS) is 11.9. The van der Waals surface area contributed by atoms with Crippen LogP contribution in [0.4, 0.5) is 0 Å². The van der Waals surface area contributed by atoms with Gasteiger partial charge in [0.25, 0.3) is 0 Å². The summed E-state index contributed by atoms with van der Waals surface area (Å²) in [6, 6.07) is 12.2. The van der Waals surface area contributed by atoms with Gasteiger partial charge in [-0.1, -0.05) is 17.4 Å². The highest BCUT2D eigenvalue weighted by molar-refractivity contribution is 7.99. The molecular formula is C20H22N2O2S2. The summed E-state index contributed by atoms with van der Waals surface area (Å²) in [6.45, 7) is 4.18. The highest BCUT2D eigenvalue weighted by Gasteiger charge is 2.08. The Bertz CT molecular complexity index is 1000. The summed E-state index contributed by atoms with van der Waals surface area (Å²) in [5.74, 6) is 1.47. The Hall–Kier alpha value is -2.05. The molecule has 0 radical (unpaired) electrons. The van der Waals surface area contributed by atoms with Crippen molar-refractivity contribution in [3.63, 3.8) is 0 Å². The SMILES string of the molecule is COc1ccc(SCCC(=O)N=c2sc3cc(C)cc(C)c3n2C)cc1. The number of hydrogen-bond donors (Lipinski definition) is 0. The number of fused-ring (bicyclic) bond motifs is 1. The van der Waals surface area contributed by atoms with Crippen LogP contribution in [0.5, 0.6) is 5.75 Å². The van der Waals surface area contributed by atoms with Crippen LogP contribution in [0.2, 0.25) is 0 Å². The van der Waals surface area contributed by atoms with E-state index in [4.69, 9.17) is 4.74 Å². The third-order valence-electron chi connectivity index (χ3n) is 4.10. The first-order valence-electron chi connectivity index (χ1n) is 8.39. The molecule has 6 heteroatoms. The van der Waals surface area contributed by atoms with Crippen molar-refractivity contribution in [3.8, 4) is 5.75 Å². The molecule has 0 spiro atoms. The quantitative estimate of drug-likeness (QED) is 0.608. The summed E-state index contributed by atoms with van der Waals surface area (Å²) >= 11 is 3.22. The minimum absolute atomic E-state index is 0.0810. The lowest BCUT2D eigenvalue weighted by atomic mass is 10.1. The number of aromatic nitrogens is 1. The largest absolute Gasteiger partial charge is 0.497 e. The van der Waals surface area contributed by atoms with E-state index in [0.29, 0.717) is 12.2 Å². The van der Waals surface area contributed by atoms with Crippen molar-refractivity contribution in [1.82, 2.24) is 4.57 Å². The number of amides is 1. The third-order valence-corrected chi connectivity index (χ3v) is 6.19. The topological polar surface area (TPSA) is 43.6 Å². The minimum Gasteiger partial charge on any atom is -0.497 e. The van der Waals surface area contributed by atoms with Crippen LogP contribution in [0.15, 0.2) is 46.3 Å². The van der Waals surface area contributed by atoms with Crippen LogP contribution in [0, 0.1) is 13.8 Å². The standard InChI is InChI=1S/C20H22N2O2S2/c1-13-11-14(2)19-17(12-13)26-20(22(19)3)21-18(23)9-10-25-16-7-5-15(24-4)6-8-16/h5-8,11-12H,9-10H2,1-4H3. The van der Waals surface area contributed by atoms with E-state index in [1.807, 2.05) is 35.9 Å². The molecule has 0 saturated carbocycles. The number of carbonyl (C=O) groups excluding carboxylic acids is 1. The molecule has 1 amide bonds. The van der Waals surface area contributed by atoms with Crippen LogP contribution < -0.4 is 9.54 Å². The second-order valence-electron chi connectivity index (χ2n) is 6.15. The number of nitrogens with zero attached hydrogens (tertiary/aromatic N) is 2. The van der Waals surface area contributed by atoms with Gasteiger partial charge in [0.05, 0.1) is 17.3 Å². The fourth-order valence-corrected chi connectivity index (χ4v) is 4.93. The number of ether oxygens (including phenoxy) is 1. The van der Waals surface area contributed by atoms with Crippen molar-refractivity contribution in [2.24, 2.45) is 12.0 Å². The Balaban J connectivity index is 1.69. The van der Waals surface area contributed by atoms with Gasteiger partial charge < -0.3 is 9.30 Å². The van der Waals surface area contributed by atoms with E-state index in [1.165, 1.54) is 15.8 Å². The van der Waals surface area contributed by atoms with E-state index in [9.17, 15) is 4.79 Å². The maximum absolute atomic E-state index is 12.3. The molecule has 0 fully saturated rings. The Morgan fingerprint density at radius 3 is 2.65 bits per heavy atom. The van der Waals surface area contributed by atoms with Gasteiger partial charge >= 0.3 is 0 Å². The smallest absolute Gasteiger partial charge is 0.249 e. The second kappa shape index (κ2) is 8.10. The van der Waals surface area contributed by atoms with Crippen molar-refractivity contribution in [3.05, 3.63) is 52.3 Å². The van der Waals surface area contributed by atoms with Crippen LogP contribution in [0.1, 0.15) is 17.5 Å². The van der Waals surface area contributed by atoms with Crippen LogP contribution in [0.25, 0.3) is 10.2 Å². The van der Waals surface area contributed by atoms with Gasteiger partial charge in [-0.3, -0.25) is 4.79 Å². The number of benzene rings is 2. The molecule has 26 heavy (non-hydrogen) atoms. The van der Waals surface area contributed by atoms with Crippen LogP contribution in [0.3, 0.4) is 0 Å². The van der Waals surface area contributed by atoms with E-state index >= 15 is 0 Å². The molecule has 0 aliphatic heterocycles. The summed E-state index contributed by atoms with van der Waals surface area (Å²) in [6.07, 6.45) is 0.420. The summed E-state index contributed by atoms with van der Waals surface area (Å²) < 4.78 is 8.34.